The first-order valence-electron chi connectivity index (χ1n) is 12.7. The van der Waals surface area contributed by atoms with Crippen LogP contribution < -0.4 is 10.1 Å². The van der Waals surface area contributed by atoms with Crippen molar-refractivity contribution in [3.63, 3.8) is 0 Å². The second-order valence-electron chi connectivity index (χ2n) is 10.3. The number of carbonyl (C=O) groups is 1. The van der Waals surface area contributed by atoms with Gasteiger partial charge in [-0.15, -0.1) is 0 Å². The molecule has 1 saturated heterocycles. The molecule has 188 valence electrons. The molecule has 1 atom stereocenters. The fourth-order valence-electron chi connectivity index (χ4n) is 4.72. The lowest BCUT2D eigenvalue weighted by Gasteiger charge is -2.28. The van der Waals surface area contributed by atoms with E-state index in [0.717, 1.165) is 38.8 Å². The summed E-state index contributed by atoms with van der Waals surface area (Å²) in [5.41, 5.74) is 1.81. The highest BCUT2D eigenvalue weighted by molar-refractivity contribution is 5.95. The van der Waals surface area contributed by atoms with E-state index in [1.54, 1.807) is 18.2 Å². The SMILES string of the molecule is CC(C)(Cc1ccc2ccccc2c1)NCC(O)COc1ccc(C(=O)N2CCCCC2)cc1C#N. The first-order valence-corrected chi connectivity index (χ1v) is 12.7. The van der Waals surface area contributed by atoms with Gasteiger partial charge in [-0.3, -0.25) is 4.79 Å². The van der Waals surface area contributed by atoms with Crippen molar-refractivity contribution in [2.45, 2.75) is 51.2 Å². The van der Waals surface area contributed by atoms with Gasteiger partial charge < -0.3 is 20.1 Å². The van der Waals surface area contributed by atoms with Gasteiger partial charge in [0.15, 0.2) is 0 Å². The minimum atomic E-state index is -0.748. The maximum absolute atomic E-state index is 12.7. The fourth-order valence-corrected chi connectivity index (χ4v) is 4.72. The number of nitriles is 1. The van der Waals surface area contributed by atoms with Crippen molar-refractivity contribution in [3.8, 4) is 11.8 Å². The van der Waals surface area contributed by atoms with Gasteiger partial charge >= 0.3 is 0 Å². The van der Waals surface area contributed by atoms with Crippen LogP contribution in [0.2, 0.25) is 0 Å². The van der Waals surface area contributed by atoms with Crippen LogP contribution >= 0.6 is 0 Å². The molecule has 1 fully saturated rings. The number of fused-ring (bicyclic) bond motifs is 1. The second-order valence-corrected chi connectivity index (χ2v) is 10.3. The maximum Gasteiger partial charge on any atom is 0.253 e. The summed E-state index contributed by atoms with van der Waals surface area (Å²) in [7, 11) is 0. The molecule has 2 N–H and O–H groups in total. The lowest BCUT2D eigenvalue weighted by Crippen LogP contribution is -2.46. The summed E-state index contributed by atoms with van der Waals surface area (Å²) < 4.78 is 5.76. The Balaban J connectivity index is 1.29. The number of ether oxygens (including phenoxy) is 1. The van der Waals surface area contributed by atoms with Crippen molar-refractivity contribution in [2.24, 2.45) is 0 Å². The van der Waals surface area contributed by atoms with E-state index in [2.05, 4.69) is 55.6 Å². The summed E-state index contributed by atoms with van der Waals surface area (Å²) in [6, 6.07) is 21.9. The first-order chi connectivity index (χ1) is 17.3. The van der Waals surface area contributed by atoms with E-state index in [4.69, 9.17) is 4.74 Å². The Hall–Kier alpha value is -3.40. The Labute approximate surface area is 213 Å². The molecule has 0 radical (unpaired) electrons. The lowest BCUT2D eigenvalue weighted by molar-refractivity contribution is 0.0724. The number of benzene rings is 3. The molecule has 0 aliphatic carbocycles. The summed E-state index contributed by atoms with van der Waals surface area (Å²) in [5, 5.41) is 26.0. The van der Waals surface area contributed by atoms with Crippen LogP contribution in [-0.4, -0.2) is 53.8 Å². The summed E-state index contributed by atoms with van der Waals surface area (Å²) in [6.45, 7) is 6.15. The number of hydrogen-bond donors (Lipinski definition) is 2. The zero-order valence-corrected chi connectivity index (χ0v) is 21.2. The fraction of sp³-hybridized carbons (Fsp3) is 0.400. The quantitative estimate of drug-likeness (QED) is 0.459. The van der Waals surface area contributed by atoms with Crippen molar-refractivity contribution in [1.82, 2.24) is 10.2 Å². The number of hydrogen-bond acceptors (Lipinski definition) is 5. The highest BCUT2D eigenvalue weighted by Gasteiger charge is 2.21. The number of carbonyl (C=O) groups excluding carboxylic acids is 1. The molecule has 1 amide bonds. The van der Waals surface area contributed by atoms with Crippen LogP contribution in [0.1, 0.15) is 54.6 Å². The van der Waals surface area contributed by atoms with Crippen LogP contribution in [0.4, 0.5) is 0 Å². The Morgan fingerprint density at radius 2 is 1.83 bits per heavy atom. The molecule has 0 bridgehead atoms. The molecule has 4 rings (SSSR count). The van der Waals surface area contributed by atoms with E-state index in [-0.39, 0.29) is 18.1 Å². The monoisotopic (exact) mass is 485 g/mol. The Morgan fingerprint density at radius 3 is 2.58 bits per heavy atom. The lowest BCUT2D eigenvalue weighted by atomic mass is 9.93. The van der Waals surface area contributed by atoms with Gasteiger partial charge in [0.1, 0.15) is 24.5 Å². The van der Waals surface area contributed by atoms with Crippen LogP contribution in [0, 0.1) is 11.3 Å². The average Bonchev–Trinajstić information content (AvgIpc) is 2.90. The third-order valence-corrected chi connectivity index (χ3v) is 6.70. The number of aliphatic hydroxyl groups excluding tert-OH is 1. The van der Waals surface area contributed by atoms with E-state index in [9.17, 15) is 15.2 Å². The molecule has 3 aromatic rings. The predicted octanol–water partition coefficient (Wildman–Crippen LogP) is 4.69. The Bertz CT molecular complexity index is 1240. The molecule has 1 heterocycles. The van der Waals surface area contributed by atoms with E-state index < -0.39 is 6.10 Å². The highest BCUT2D eigenvalue weighted by atomic mass is 16.5. The number of likely N-dealkylation sites (tertiary alicyclic amines) is 1. The van der Waals surface area contributed by atoms with E-state index >= 15 is 0 Å². The number of piperidine rings is 1. The van der Waals surface area contributed by atoms with Gasteiger partial charge in [-0.25, -0.2) is 0 Å². The van der Waals surface area contributed by atoms with Crippen LogP contribution in [0.3, 0.4) is 0 Å². The topological polar surface area (TPSA) is 85.6 Å². The molecule has 3 aromatic carbocycles. The molecule has 36 heavy (non-hydrogen) atoms. The summed E-state index contributed by atoms with van der Waals surface area (Å²) in [6.07, 6.45) is 3.25. The summed E-state index contributed by atoms with van der Waals surface area (Å²) >= 11 is 0. The molecular formula is C30H35N3O3. The molecule has 6 nitrogen and oxygen atoms in total. The van der Waals surface area contributed by atoms with Crippen molar-refractivity contribution < 1.29 is 14.6 Å². The van der Waals surface area contributed by atoms with E-state index in [0.29, 0.717) is 23.4 Å². The number of β-amino-alcohol motifs (C(OH)–C–C–N with tert-alkyl or cyclic N) is 1. The zero-order valence-electron chi connectivity index (χ0n) is 21.2. The van der Waals surface area contributed by atoms with Crippen molar-refractivity contribution >= 4 is 16.7 Å². The van der Waals surface area contributed by atoms with Gasteiger partial charge in [0.25, 0.3) is 5.91 Å². The number of aliphatic hydroxyl groups is 1. The molecule has 1 unspecified atom stereocenters. The molecular weight excluding hydrogens is 450 g/mol. The van der Waals surface area contributed by atoms with Gasteiger partial charge in [0.2, 0.25) is 0 Å². The van der Waals surface area contributed by atoms with Gasteiger partial charge in [0.05, 0.1) is 5.56 Å². The number of rotatable bonds is 9. The maximum atomic E-state index is 12.7. The van der Waals surface area contributed by atoms with Crippen molar-refractivity contribution in [2.75, 3.05) is 26.2 Å². The van der Waals surface area contributed by atoms with E-state index in [1.165, 1.54) is 16.3 Å². The van der Waals surface area contributed by atoms with Gasteiger partial charge in [-0.1, -0.05) is 42.5 Å². The minimum absolute atomic E-state index is 0.0457. The third-order valence-electron chi connectivity index (χ3n) is 6.70. The smallest absolute Gasteiger partial charge is 0.253 e. The average molecular weight is 486 g/mol. The highest BCUT2D eigenvalue weighted by Crippen LogP contribution is 2.22. The third kappa shape index (κ3) is 6.63. The van der Waals surface area contributed by atoms with Crippen LogP contribution in [-0.2, 0) is 6.42 Å². The molecule has 0 saturated carbocycles. The van der Waals surface area contributed by atoms with Crippen LogP contribution in [0.15, 0.2) is 60.7 Å². The first kappa shape index (κ1) is 25.7. The number of nitrogens with zero attached hydrogens (tertiary/aromatic N) is 2. The molecule has 0 aromatic heterocycles. The van der Waals surface area contributed by atoms with Gasteiger partial charge in [-0.05, 0) is 74.1 Å². The standard InChI is InChI=1S/C30H35N3O3/c1-30(2,18-22-10-11-23-8-4-5-9-24(23)16-22)32-20-27(34)21-36-28-13-12-25(17-26(28)19-31)29(35)33-14-6-3-7-15-33/h4-5,8-13,16-17,27,32,34H,3,6-7,14-15,18,20-21H2,1-2H3. The zero-order chi connectivity index (χ0) is 25.5. The summed E-state index contributed by atoms with van der Waals surface area (Å²) in [4.78, 5) is 14.6. The molecule has 1 aliphatic rings. The number of amides is 1. The second kappa shape index (κ2) is 11.6. The Morgan fingerprint density at radius 1 is 1.08 bits per heavy atom. The minimum Gasteiger partial charge on any atom is -0.489 e. The Kier molecular flexibility index (Phi) is 8.25. The summed E-state index contributed by atoms with van der Waals surface area (Å²) in [5.74, 6) is 0.331. The molecule has 6 heteroatoms. The molecule has 0 spiro atoms. The van der Waals surface area contributed by atoms with Crippen molar-refractivity contribution in [3.05, 3.63) is 77.4 Å². The normalized spacial score (nSPS) is 14.9. The van der Waals surface area contributed by atoms with Gasteiger partial charge in [0, 0.05) is 30.7 Å². The van der Waals surface area contributed by atoms with Gasteiger partial charge in [-0.2, -0.15) is 5.26 Å². The van der Waals surface area contributed by atoms with Crippen LogP contribution in [0.5, 0.6) is 5.75 Å². The number of nitrogens with one attached hydrogen (secondary N) is 1. The molecule has 1 aliphatic heterocycles. The van der Waals surface area contributed by atoms with Crippen molar-refractivity contribution in [1.29, 1.82) is 5.26 Å². The predicted molar refractivity (Wildman–Crippen MR) is 142 cm³/mol. The van der Waals surface area contributed by atoms with Crippen LogP contribution in [0.25, 0.3) is 10.8 Å². The largest absolute Gasteiger partial charge is 0.489 e. The van der Waals surface area contributed by atoms with E-state index in [1.807, 2.05) is 17.0 Å².